The lowest BCUT2D eigenvalue weighted by Gasteiger charge is -2.31. The maximum absolute atomic E-state index is 12.4. The predicted octanol–water partition coefficient (Wildman–Crippen LogP) is 2.79. The van der Waals surface area contributed by atoms with E-state index in [1.165, 1.54) is 0 Å². The Morgan fingerprint density at radius 3 is 2.78 bits per heavy atom. The first-order valence-electron chi connectivity index (χ1n) is 7.41. The molecule has 124 valence electrons. The van der Waals surface area contributed by atoms with Crippen LogP contribution in [0, 0.1) is 11.8 Å². The van der Waals surface area contributed by atoms with Crippen molar-refractivity contribution in [2.75, 3.05) is 18.4 Å². The van der Waals surface area contributed by atoms with E-state index in [0.717, 1.165) is 28.8 Å². The van der Waals surface area contributed by atoms with Gasteiger partial charge in [-0.1, -0.05) is 19.1 Å². The van der Waals surface area contributed by atoms with Gasteiger partial charge in [0.25, 0.3) is 0 Å². The summed E-state index contributed by atoms with van der Waals surface area (Å²) in [5, 5.41) is 7.18. The highest BCUT2D eigenvalue weighted by Gasteiger charge is 2.29. The topological polar surface area (TPSA) is 59.0 Å². The molecule has 2 N–H and O–H groups in total. The normalized spacial score (nSPS) is 15.4. The largest absolute Gasteiger partial charge is 0.329 e. The van der Waals surface area contributed by atoms with Crippen molar-refractivity contribution in [3.05, 3.63) is 36.7 Å². The lowest BCUT2D eigenvalue weighted by Crippen LogP contribution is -2.48. The zero-order chi connectivity index (χ0) is 15.5. The van der Waals surface area contributed by atoms with Gasteiger partial charge in [-0.05, 0) is 42.9 Å². The smallest absolute Gasteiger partial charge is 0.227 e. The summed E-state index contributed by atoms with van der Waals surface area (Å²) in [5.41, 5.74) is 0.847. The molecule has 1 atom stereocenters. The Kier molecular flexibility index (Phi) is 6.10. The fourth-order valence-corrected chi connectivity index (χ4v) is 3.22. The van der Waals surface area contributed by atoms with Gasteiger partial charge in [0.1, 0.15) is 0 Å². The Bertz CT molecular complexity index is 672. The van der Waals surface area contributed by atoms with E-state index in [0.29, 0.717) is 5.92 Å². The summed E-state index contributed by atoms with van der Waals surface area (Å²) >= 11 is 1.55. The number of carbonyl (C=O) groups excluding carboxylic acids is 1. The van der Waals surface area contributed by atoms with Gasteiger partial charge in [0.2, 0.25) is 5.91 Å². The lowest BCUT2D eigenvalue weighted by molar-refractivity contribution is -0.121. The van der Waals surface area contributed by atoms with Gasteiger partial charge >= 0.3 is 0 Å². The Morgan fingerprint density at radius 2 is 2.17 bits per heavy atom. The molecule has 1 amide bonds. The zero-order valence-corrected chi connectivity index (χ0v) is 14.8. The van der Waals surface area contributed by atoms with Gasteiger partial charge in [-0.15, -0.1) is 12.4 Å². The van der Waals surface area contributed by atoms with E-state index in [-0.39, 0.29) is 24.2 Å². The van der Waals surface area contributed by atoms with E-state index in [2.05, 4.69) is 15.6 Å². The second-order valence-corrected chi connectivity index (χ2v) is 6.62. The molecular weight excluding hydrogens is 332 g/mol. The molecular formula is C16H21ClN4OS. The quantitative estimate of drug-likeness (QED) is 0.868. The van der Waals surface area contributed by atoms with E-state index in [1.807, 2.05) is 49.0 Å². The van der Waals surface area contributed by atoms with E-state index in [9.17, 15) is 4.79 Å². The maximum Gasteiger partial charge on any atom is 0.227 e. The molecule has 23 heavy (non-hydrogen) atoms. The Morgan fingerprint density at radius 1 is 1.43 bits per heavy atom. The number of nitrogens with one attached hydrogen (secondary N) is 2. The summed E-state index contributed by atoms with van der Waals surface area (Å²) in [7, 11) is 1.96. The van der Waals surface area contributed by atoms with Crippen molar-refractivity contribution in [3.8, 4) is 0 Å². The highest BCUT2D eigenvalue weighted by atomic mass is 35.5. The summed E-state index contributed by atoms with van der Waals surface area (Å²) in [6.45, 7) is 3.85. The highest BCUT2D eigenvalue weighted by Crippen LogP contribution is 2.32. The third-order valence-corrected chi connectivity index (χ3v) is 5.21. The van der Waals surface area contributed by atoms with Crippen molar-refractivity contribution < 1.29 is 4.79 Å². The van der Waals surface area contributed by atoms with Crippen LogP contribution in [-0.4, -0.2) is 28.5 Å². The number of halogens is 1. The summed E-state index contributed by atoms with van der Waals surface area (Å²) in [6.07, 6.45) is 3.68. The number of rotatable bonds is 5. The molecule has 0 saturated carbocycles. The van der Waals surface area contributed by atoms with Crippen molar-refractivity contribution in [3.63, 3.8) is 0 Å². The van der Waals surface area contributed by atoms with Crippen LogP contribution in [0.2, 0.25) is 0 Å². The summed E-state index contributed by atoms with van der Waals surface area (Å²) in [5.74, 6) is 0.543. The third kappa shape index (κ3) is 4.07. The zero-order valence-electron chi connectivity index (χ0n) is 13.2. The molecule has 1 fully saturated rings. The Balaban J connectivity index is 0.00000192. The average molecular weight is 353 g/mol. The van der Waals surface area contributed by atoms with Gasteiger partial charge in [-0.3, -0.25) is 4.79 Å². The fourth-order valence-electron chi connectivity index (χ4n) is 2.33. The Labute approximate surface area is 146 Å². The van der Waals surface area contributed by atoms with Crippen LogP contribution in [0.3, 0.4) is 0 Å². The van der Waals surface area contributed by atoms with Crippen molar-refractivity contribution >= 4 is 35.8 Å². The number of hydrogen-bond donors (Lipinski definition) is 2. The summed E-state index contributed by atoms with van der Waals surface area (Å²) < 4.78 is 1.96. The monoisotopic (exact) mass is 352 g/mol. The van der Waals surface area contributed by atoms with Gasteiger partial charge < -0.3 is 15.2 Å². The molecule has 1 aromatic carbocycles. The molecule has 1 aliphatic heterocycles. The van der Waals surface area contributed by atoms with Crippen molar-refractivity contribution in [2.45, 2.75) is 17.0 Å². The van der Waals surface area contributed by atoms with E-state index in [1.54, 1.807) is 18.0 Å². The highest BCUT2D eigenvalue weighted by molar-refractivity contribution is 7.99. The standard InChI is InChI=1S/C16H20N4OS.ClH/c1-11(12-9-17-10-12)15(21)19-13-5-3-4-6-14(13)22-16-18-7-8-20(16)2;/h3-8,11-12,17H,9-10H2,1-2H3,(H,19,21);1H. The molecule has 1 saturated heterocycles. The van der Waals surface area contributed by atoms with Gasteiger partial charge in [0.05, 0.1) is 5.69 Å². The average Bonchev–Trinajstić information content (AvgIpc) is 2.84. The summed E-state index contributed by atoms with van der Waals surface area (Å²) in [6, 6.07) is 7.85. The lowest BCUT2D eigenvalue weighted by atomic mass is 9.88. The molecule has 0 aliphatic carbocycles. The van der Waals surface area contributed by atoms with Gasteiger partial charge in [-0.2, -0.15) is 0 Å². The minimum atomic E-state index is 0. The van der Waals surface area contributed by atoms with Crippen LogP contribution < -0.4 is 10.6 Å². The molecule has 1 unspecified atom stereocenters. The summed E-state index contributed by atoms with van der Waals surface area (Å²) in [4.78, 5) is 17.7. The number of nitrogens with zero attached hydrogens (tertiary/aromatic N) is 2. The van der Waals surface area contributed by atoms with Crippen LogP contribution in [0.15, 0.2) is 46.7 Å². The molecule has 2 heterocycles. The number of para-hydroxylation sites is 1. The number of hydrogen-bond acceptors (Lipinski definition) is 4. The number of aromatic nitrogens is 2. The van der Waals surface area contributed by atoms with E-state index < -0.39 is 0 Å². The number of anilines is 1. The first-order valence-corrected chi connectivity index (χ1v) is 8.22. The number of benzene rings is 1. The van der Waals surface area contributed by atoms with E-state index in [4.69, 9.17) is 0 Å². The van der Waals surface area contributed by atoms with Crippen LogP contribution in [-0.2, 0) is 11.8 Å². The molecule has 5 nitrogen and oxygen atoms in total. The van der Waals surface area contributed by atoms with Gasteiger partial charge in [-0.25, -0.2) is 4.98 Å². The van der Waals surface area contributed by atoms with Crippen molar-refractivity contribution in [1.29, 1.82) is 0 Å². The van der Waals surface area contributed by atoms with Crippen molar-refractivity contribution in [2.24, 2.45) is 18.9 Å². The van der Waals surface area contributed by atoms with Gasteiger partial charge in [0.15, 0.2) is 5.16 Å². The minimum absolute atomic E-state index is 0. The fraction of sp³-hybridized carbons (Fsp3) is 0.375. The van der Waals surface area contributed by atoms with Crippen LogP contribution >= 0.6 is 24.2 Å². The second kappa shape index (κ2) is 7.86. The number of aryl methyl sites for hydroxylation is 1. The molecule has 1 aliphatic rings. The third-order valence-electron chi connectivity index (χ3n) is 4.06. The van der Waals surface area contributed by atoms with Gasteiger partial charge in [0, 0.05) is 30.3 Å². The van der Waals surface area contributed by atoms with Crippen LogP contribution in [0.25, 0.3) is 0 Å². The van der Waals surface area contributed by atoms with E-state index >= 15 is 0 Å². The van der Waals surface area contributed by atoms with Crippen molar-refractivity contribution in [1.82, 2.24) is 14.9 Å². The first-order chi connectivity index (χ1) is 10.6. The molecule has 0 bridgehead atoms. The SMILES string of the molecule is CC(C(=O)Nc1ccccc1Sc1nccn1C)C1CNC1.Cl. The molecule has 0 radical (unpaired) electrons. The minimum Gasteiger partial charge on any atom is -0.329 e. The number of imidazole rings is 1. The first kappa shape index (κ1) is 17.8. The predicted molar refractivity (Wildman–Crippen MR) is 95.2 cm³/mol. The van der Waals surface area contributed by atoms with Crippen LogP contribution in [0.1, 0.15) is 6.92 Å². The maximum atomic E-state index is 12.4. The number of amides is 1. The Hall–Kier alpha value is -1.50. The van der Waals surface area contributed by atoms with Crippen LogP contribution in [0.4, 0.5) is 5.69 Å². The molecule has 7 heteroatoms. The molecule has 1 aromatic heterocycles. The molecule has 0 spiro atoms. The number of carbonyl (C=O) groups is 1. The van der Waals surface area contributed by atoms with Crippen LogP contribution in [0.5, 0.6) is 0 Å². The molecule has 2 aromatic rings. The molecule has 3 rings (SSSR count). The second-order valence-electron chi connectivity index (χ2n) is 5.62.